The number of nitrogens with one attached hydrogen (secondary N) is 1. The minimum atomic E-state index is -0.190. The summed E-state index contributed by atoms with van der Waals surface area (Å²) in [6.07, 6.45) is 1.71. The first-order valence-electron chi connectivity index (χ1n) is 7.05. The highest BCUT2D eigenvalue weighted by atomic mass is 79.9. The van der Waals surface area contributed by atoms with Crippen molar-refractivity contribution in [3.05, 3.63) is 28.2 Å². The Morgan fingerprint density at radius 2 is 2.15 bits per heavy atom. The minimum absolute atomic E-state index is 0.190. The van der Waals surface area contributed by atoms with Crippen LogP contribution in [0.15, 0.2) is 22.7 Å². The van der Waals surface area contributed by atoms with E-state index in [2.05, 4.69) is 34.2 Å². The maximum atomic E-state index is 11.6. The van der Waals surface area contributed by atoms with Gasteiger partial charge in [0, 0.05) is 29.3 Å². The molecule has 2 rings (SSSR count). The number of carbonyl (C=O) groups is 1. The van der Waals surface area contributed by atoms with Gasteiger partial charge in [-0.3, -0.25) is 0 Å². The molecular weight excluding hydrogens is 320 g/mol. The van der Waals surface area contributed by atoms with Crippen LogP contribution in [0.1, 0.15) is 25.3 Å². The summed E-state index contributed by atoms with van der Waals surface area (Å²) in [5, 5.41) is 3.57. The molecule has 0 aromatic heterocycles. The average Bonchev–Trinajstić information content (AvgIpc) is 2.45. The fourth-order valence-corrected chi connectivity index (χ4v) is 2.77. The highest BCUT2D eigenvalue weighted by Crippen LogP contribution is 2.25. The fraction of sp³-hybridized carbons (Fsp3) is 0.533. The number of likely N-dealkylation sites (tertiary alicyclic amines) is 1. The molecule has 1 aromatic carbocycles. The zero-order valence-electron chi connectivity index (χ0n) is 12.0. The van der Waals surface area contributed by atoms with Gasteiger partial charge in [0.2, 0.25) is 0 Å². The lowest BCUT2D eigenvalue weighted by Crippen LogP contribution is -2.42. The molecule has 20 heavy (non-hydrogen) atoms. The van der Waals surface area contributed by atoms with Gasteiger partial charge in [0.05, 0.1) is 6.61 Å². The Morgan fingerprint density at radius 3 is 2.80 bits per heavy atom. The Kier molecular flexibility index (Phi) is 5.29. The van der Waals surface area contributed by atoms with E-state index in [-0.39, 0.29) is 6.09 Å². The first-order chi connectivity index (χ1) is 9.61. The molecule has 1 aliphatic rings. The van der Waals surface area contributed by atoms with Crippen LogP contribution in [0, 0.1) is 6.92 Å². The van der Waals surface area contributed by atoms with Gasteiger partial charge in [0.25, 0.3) is 0 Å². The third-order valence-electron chi connectivity index (χ3n) is 3.65. The normalized spacial score (nSPS) is 16.1. The van der Waals surface area contributed by atoms with Crippen LogP contribution in [-0.2, 0) is 4.74 Å². The Labute approximate surface area is 128 Å². The van der Waals surface area contributed by atoms with Crippen LogP contribution in [-0.4, -0.2) is 36.7 Å². The van der Waals surface area contributed by atoms with E-state index in [1.165, 1.54) is 5.56 Å². The lowest BCUT2D eigenvalue weighted by atomic mass is 10.0. The first kappa shape index (κ1) is 15.2. The van der Waals surface area contributed by atoms with Crippen molar-refractivity contribution in [2.45, 2.75) is 32.7 Å². The molecule has 5 heteroatoms. The van der Waals surface area contributed by atoms with Crippen LogP contribution in [0.5, 0.6) is 0 Å². The van der Waals surface area contributed by atoms with E-state index in [1.54, 1.807) is 4.90 Å². The monoisotopic (exact) mass is 340 g/mol. The molecule has 0 unspecified atom stereocenters. The number of ether oxygens (including phenoxy) is 1. The van der Waals surface area contributed by atoms with Crippen LogP contribution < -0.4 is 5.32 Å². The van der Waals surface area contributed by atoms with Crippen molar-refractivity contribution in [3.63, 3.8) is 0 Å². The fourth-order valence-electron chi connectivity index (χ4n) is 2.40. The SMILES string of the molecule is CCOC(=O)N1CCC(Nc2cccc(Br)c2C)CC1. The maximum absolute atomic E-state index is 11.6. The Bertz CT molecular complexity index is 471. The van der Waals surface area contributed by atoms with Crippen molar-refractivity contribution in [2.75, 3.05) is 25.0 Å². The molecule has 1 saturated heterocycles. The molecule has 0 bridgehead atoms. The Morgan fingerprint density at radius 1 is 1.45 bits per heavy atom. The van der Waals surface area contributed by atoms with E-state index in [4.69, 9.17) is 4.74 Å². The number of nitrogens with zero attached hydrogens (tertiary/aromatic N) is 1. The van der Waals surface area contributed by atoms with Crippen molar-refractivity contribution in [2.24, 2.45) is 0 Å². The summed E-state index contributed by atoms with van der Waals surface area (Å²) in [6, 6.07) is 6.59. The Balaban J connectivity index is 1.88. The van der Waals surface area contributed by atoms with E-state index in [0.717, 1.165) is 36.1 Å². The van der Waals surface area contributed by atoms with Crippen molar-refractivity contribution in [3.8, 4) is 0 Å². The zero-order chi connectivity index (χ0) is 14.5. The van der Waals surface area contributed by atoms with Gasteiger partial charge in [-0.1, -0.05) is 22.0 Å². The van der Waals surface area contributed by atoms with Crippen molar-refractivity contribution in [1.29, 1.82) is 0 Å². The number of anilines is 1. The maximum Gasteiger partial charge on any atom is 0.409 e. The van der Waals surface area contributed by atoms with Crippen LogP contribution >= 0.6 is 15.9 Å². The van der Waals surface area contributed by atoms with E-state index in [9.17, 15) is 4.79 Å². The van der Waals surface area contributed by atoms with Crippen molar-refractivity contribution < 1.29 is 9.53 Å². The summed E-state index contributed by atoms with van der Waals surface area (Å²) < 4.78 is 6.15. The molecule has 0 atom stereocenters. The molecule has 0 radical (unpaired) electrons. The van der Waals surface area contributed by atoms with Gasteiger partial charge in [0.1, 0.15) is 0 Å². The second-order valence-electron chi connectivity index (χ2n) is 5.02. The summed E-state index contributed by atoms with van der Waals surface area (Å²) in [4.78, 5) is 13.4. The molecule has 1 amide bonds. The summed E-state index contributed by atoms with van der Waals surface area (Å²) in [7, 11) is 0. The molecule has 1 aromatic rings. The van der Waals surface area contributed by atoms with Crippen molar-refractivity contribution >= 4 is 27.7 Å². The third kappa shape index (κ3) is 3.66. The van der Waals surface area contributed by atoms with Crippen LogP contribution in [0.25, 0.3) is 0 Å². The lowest BCUT2D eigenvalue weighted by molar-refractivity contribution is 0.0983. The molecule has 0 saturated carbocycles. The lowest BCUT2D eigenvalue weighted by Gasteiger charge is -2.32. The molecule has 1 N–H and O–H groups in total. The Hall–Kier alpha value is -1.23. The second kappa shape index (κ2) is 6.97. The quantitative estimate of drug-likeness (QED) is 0.909. The van der Waals surface area contributed by atoms with Crippen LogP contribution in [0.4, 0.5) is 10.5 Å². The summed E-state index contributed by atoms with van der Waals surface area (Å²) in [5.74, 6) is 0. The number of rotatable bonds is 3. The first-order valence-corrected chi connectivity index (χ1v) is 7.84. The van der Waals surface area contributed by atoms with E-state index in [1.807, 2.05) is 19.1 Å². The van der Waals surface area contributed by atoms with E-state index >= 15 is 0 Å². The van der Waals surface area contributed by atoms with Gasteiger partial charge in [-0.25, -0.2) is 4.79 Å². The largest absolute Gasteiger partial charge is 0.450 e. The van der Waals surface area contributed by atoms with E-state index in [0.29, 0.717) is 12.6 Å². The minimum Gasteiger partial charge on any atom is -0.450 e. The molecule has 1 aliphatic heterocycles. The molecule has 4 nitrogen and oxygen atoms in total. The number of benzene rings is 1. The number of carbonyl (C=O) groups excluding carboxylic acids is 1. The summed E-state index contributed by atoms with van der Waals surface area (Å²) in [5.41, 5.74) is 2.38. The highest BCUT2D eigenvalue weighted by Gasteiger charge is 2.23. The van der Waals surface area contributed by atoms with Gasteiger partial charge in [-0.15, -0.1) is 0 Å². The molecule has 1 fully saturated rings. The van der Waals surface area contributed by atoms with Crippen LogP contribution in [0.2, 0.25) is 0 Å². The van der Waals surface area contributed by atoms with Crippen LogP contribution in [0.3, 0.4) is 0 Å². The van der Waals surface area contributed by atoms with Gasteiger partial charge in [-0.2, -0.15) is 0 Å². The van der Waals surface area contributed by atoms with Gasteiger partial charge >= 0.3 is 6.09 Å². The molecular formula is C15H21BrN2O2. The number of halogens is 1. The smallest absolute Gasteiger partial charge is 0.409 e. The number of piperidine rings is 1. The predicted molar refractivity (Wildman–Crippen MR) is 84.1 cm³/mol. The number of hydrogen-bond donors (Lipinski definition) is 1. The second-order valence-corrected chi connectivity index (χ2v) is 5.87. The van der Waals surface area contributed by atoms with Gasteiger partial charge in [0.15, 0.2) is 0 Å². The van der Waals surface area contributed by atoms with Crippen molar-refractivity contribution in [1.82, 2.24) is 4.90 Å². The molecule has 1 heterocycles. The predicted octanol–water partition coefficient (Wildman–Crippen LogP) is 3.79. The van der Waals surface area contributed by atoms with Gasteiger partial charge in [-0.05, 0) is 44.4 Å². The third-order valence-corrected chi connectivity index (χ3v) is 4.51. The zero-order valence-corrected chi connectivity index (χ0v) is 13.6. The standard InChI is InChI=1S/C15H21BrN2O2/c1-3-20-15(19)18-9-7-12(8-10-18)17-14-6-4-5-13(16)11(14)2/h4-6,12,17H,3,7-10H2,1-2H3. The molecule has 0 aliphatic carbocycles. The van der Waals surface area contributed by atoms with Gasteiger partial charge < -0.3 is 15.0 Å². The topological polar surface area (TPSA) is 41.6 Å². The highest BCUT2D eigenvalue weighted by molar-refractivity contribution is 9.10. The molecule has 110 valence electrons. The summed E-state index contributed by atoms with van der Waals surface area (Å²) in [6.45, 7) is 5.88. The average molecular weight is 341 g/mol. The summed E-state index contributed by atoms with van der Waals surface area (Å²) >= 11 is 3.55. The van der Waals surface area contributed by atoms with E-state index < -0.39 is 0 Å². The number of hydrogen-bond acceptors (Lipinski definition) is 3. The molecule has 0 spiro atoms. The number of amides is 1.